The molecule has 2 N–H and O–H groups in total. The summed E-state index contributed by atoms with van der Waals surface area (Å²) in [7, 11) is 0. The average molecular weight is 539 g/mol. The van der Waals surface area contributed by atoms with E-state index in [1.807, 2.05) is 0 Å². The van der Waals surface area contributed by atoms with Crippen molar-refractivity contribution in [2.75, 3.05) is 13.1 Å². The van der Waals surface area contributed by atoms with E-state index in [9.17, 15) is 32.3 Å². The molecule has 2 aliphatic rings. The number of likely N-dealkylation sites (tertiary alicyclic amines) is 1. The molecule has 0 spiro atoms. The van der Waals surface area contributed by atoms with E-state index in [1.54, 1.807) is 28.6 Å². The Labute approximate surface area is 219 Å². The Kier molecular flexibility index (Phi) is 8.15. The summed E-state index contributed by atoms with van der Waals surface area (Å²) in [5.74, 6) is -7.67. The fourth-order valence-corrected chi connectivity index (χ4v) is 5.62. The van der Waals surface area contributed by atoms with Crippen molar-refractivity contribution in [1.29, 1.82) is 0 Å². The van der Waals surface area contributed by atoms with Crippen molar-refractivity contribution >= 4 is 11.9 Å². The first kappa shape index (κ1) is 28.1. The van der Waals surface area contributed by atoms with Gasteiger partial charge in [-0.3, -0.25) is 19.2 Å². The minimum absolute atomic E-state index is 0.00224. The predicted octanol–water partition coefficient (Wildman–Crippen LogP) is 5.47. The first-order chi connectivity index (χ1) is 17.8. The molecular formula is C27H34F4N4O3. The Hall–Kier alpha value is -2.95. The van der Waals surface area contributed by atoms with Gasteiger partial charge < -0.3 is 10.4 Å². The number of benzene rings is 1. The molecule has 38 heavy (non-hydrogen) atoms. The molecule has 0 unspecified atom stereocenters. The highest BCUT2D eigenvalue weighted by Crippen LogP contribution is 2.39. The van der Waals surface area contributed by atoms with Crippen LogP contribution < -0.4 is 5.32 Å². The van der Waals surface area contributed by atoms with E-state index in [-0.39, 0.29) is 54.7 Å². The topological polar surface area (TPSA) is 87.5 Å². The normalized spacial score (nSPS) is 21.1. The van der Waals surface area contributed by atoms with Gasteiger partial charge in [-0.15, -0.1) is 0 Å². The molecule has 4 rings (SSSR count). The first-order valence-electron chi connectivity index (χ1n) is 13.1. The maximum absolute atomic E-state index is 14.4. The van der Waals surface area contributed by atoms with Crippen molar-refractivity contribution in [3.05, 3.63) is 41.6 Å². The maximum Gasteiger partial charge on any atom is 0.305 e. The zero-order chi connectivity index (χ0) is 27.7. The number of nitrogens with zero attached hydrogens (tertiary/aromatic N) is 3. The standard InChI is InChI=1S/C27H34F4N4O3/c1-17-15-27(30,31)16-34(17)12-11-18(13-24(36)37)32-25(38)22-14-23(35(33-22)19-7-3-4-8-19)20-9-5-6-10-21(20)26(2,28)29/h5-6,9-10,14,17-19H,3-4,7-8,11-13,15-16H2,1-2H3,(H,32,38)(H,36,37)/t17-,18+/m1/s1. The van der Waals surface area contributed by atoms with Crippen LogP contribution in [0.2, 0.25) is 0 Å². The molecule has 1 saturated carbocycles. The Morgan fingerprint density at radius 2 is 1.92 bits per heavy atom. The van der Waals surface area contributed by atoms with Gasteiger partial charge in [-0.2, -0.15) is 5.10 Å². The lowest BCUT2D eigenvalue weighted by atomic mass is 9.99. The average Bonchev–Trinajstić information content (AvgIpc) is 3.55. The van der Waals surface area contributed by atoms with Crippen LogP contribution in [-0.2, 0) is 10.7 Å². The van der Waals surface area contributed by atoms with Gasteiger partial charge in [0.2, 0.25) is 0 Å². The predicted molar refractivity (Wildman–Crippen MR) is 133 cm³/mol. The third kappa shape index (κ3) is 6.54. The van der Waals surface area contributed by atoms with Crippen molar-refractivity contribution in [3.8, 4) is 11.3 Å². The van der Waals surface area contributed by atoms with E-state index < -0.39 is 36.3 Å². The number of hydrogen-bond acceptors (Lipinski definition) is 4. The summed E-state index contributed by atoms with van der Waals surface area (Å²) in [6.45, 7) is 2.32. The largest absolute Gasteiger partial charge is 0.481 e. The molecule has 1 amide bonds. The minimum Gasteiger partial charge on any atom is -0.481 e. The number of aliphatic carboxylic acids is 1. The fourth-order valence-electron chi connectivity index (χ4n) is 5.62. The number of aromatic nitrogens is 2. The lowest BCUT2D eigenvalue weighted by Gasteiger charge is -2.23. The van der Waals surface area contributed by atoms with Gasteiger partial charge in [0, 0.05) is 43.1 Å². The number of amides is 1. The number of halogens is 4. The van der Waals surface area contributed by atoms with Gasteiger partial charge in [-0.1, -0.05) is 37.1 Å². The van der Waals surface area contributed by atoms with Crippen LogP contribution in [-0.4, -0.2) is 62.8 Å². The van der Waals surface area contributed by atoms with Crippen molar-refractivity contribution in [3.63, 3.8) is 0 Å². The molecule has 2 heterocycles. The van der Waals surface area contributed by atoms with Crippen LogP contribution in [0, 0.1) is 0 Å². The molecule has 1 aromatic carbocycles. The Morgan fingerprint density at radius 1 is 1.24 bits per heavy atom. The third-order valence-corrected chi connectivity index (χ3v) is 7.49. The van der Waals surface area contributed by atoms with Crippen molar-refractivity contribution in [2.24, 2.45) is 0 Å². The van der Waals surface area contributed by atoms with Crippen LogP contribution >= 0.6 is 0 Å². The molecule has 0 radical (unpaired) electrons. The molecule has 2 atom stereocenters. The van der Waals surface area contributed by atoms with Gasteiger partial charge in [0.05, 0.1) is 24.7 Å². The molecule has 0 bridgehead atoms. The number of carbonyl (C=O) groups excluding carboxylic acids is 1. The summed E-state index contributed by atoms with van der Waals surface area (Å²) in [5, 5.41) is 16.6. The lowest BCUT2D eigenvalue weighted by Crippen LogP contribution is -2.40. The highest BCUT2D eigenvalue weighted by Gasteiger charge is 2.42. The van der Waals surface area contributed by atoms with Gasteiger partial charge in [-0.25, -0.2) is 17.6 Å². The molecule has 2 aromatic rings. The van der Waals surface area contributed by atoms with Crippen LogP contribution in [0.15, 0.2) is 30.3 Å². The highest BCUT2D eigenvalue weighted by atomic mass is 19.3. The van der Waals surface area contributed by atoms with Crippen molar-refractivity contribution < 1.29 is 32.3 Å². The maximum atomic E-state index is 14.4. The van der Waals surface area contributed by atoms with Crippen LogP contribution in [0.1, 0.15) is 80.9 Å². The number of carbonyl (C=O) groups is 2. The SMILES string of the molecule is C[C@@H]1CC(F)(F)CN1CC[C@@H](CC(=O)O)NC(=O)c1cc(-c2ccccc2C(C)(F)F)n(C2CCCC2)n1. The van der Waals surface area contributed by atoms with Crippen LogP contribution in [0.25, 0.3) is 11.3 Å². The van der Waals surface area contributed by atoms with E-state index in [1.165, 1.54) is 18.2 Å². The van der Waals surface area contributed by atoms with Crippen LogP contribution in [0.3, 0.4) is 0 Å². The number of alkyl halides is 4. The Bertz CT molecular complexity index is 1160. The summed E-state index contributed by atoms with van der Waals surface area (Å²) in [6.07, 6.45) is 3.06. The molecule has 1 saturated heterocycles. The monoisotopic (exact) mass is 538 g/mol. The quantitative estimate of drug-likeness (QED) is 0.392. The summed E-state index contributed by atoms with van der Waals surface area (Å²) in [6, 6.07) is 6.39. The molecule has 1 aliphatic carbocycles. The molecule has 11 heteroatoms. The minimum atomic E-state index is -3.11. The van der Waals surface area contributed by atoms with E-state index in [0.717, 1.165) is 32.6 Å². The van der Waals surface area contributed by atoms with Gasteiger partial charge >= 0.3 is 5.97 Å². The fraction of sp³-hybridized carbons (Fsp3) is 0.593. The van der Waals surface area contributed by atoms with Crippen molar-refractivity contribution in [2.45, 2.75) is 88.8 Å². The number of carboxylic acids is 1. The number of hydrogen-bond donors (Lipinski definition) is 2. The van der Waals surface area contributed by atoms with E-state index in [0.29, 0.717) is 5.69 Å². The Balaban J connectivity index is 1.58. The number of rotatable bonds is 10. The van der Waals surface area contributed by atoms with Gasteiger partial charge in [0.15, 0.2) is 5.69 Å². The van der Waals surface area contributed by atoms with Gasteiger partial charge in [-0.05, 0) is 32.3 Å². The summed E-state index contributed by atoms with van der Waals surface area (Å²) in [5.41, 5.74) is 0.510. The Morgan fingerprint density at radius 3 is 2.53 bits per heavy atom. The molecule has 208 valence electrons. The van der Waals surface area contributed by atoms with Crippen LogP contribution in [0.4, 0.5) is 17.6 Å². The molecular weight excluding hydrogens is 504 g/mol. The van der Waals surface area contributed by atoms with Gasteiger partial charge in [0.1, 0.15) is 0 Å². The lowest BCUT2D eigenvalue weighted by molar-refractivity contribution is -0.137. The second-order valence-corrected chi connectivity index (χ2v) is 10.7. The molecule has 7 nitrogen and oxygen atoms in total. The third-order valence-electron chi connectivity index (χ3n) is 7.49. The first-order valence-corrected chi connectivity index (χ1v) is 13.1. The molecule has 2 fully saturated rings. The second kappa shape index (κ2) is 11.0. The zero-order valence-electron chi connectivity index (χ0n) is 21.6. The summed E-state index contributed by atoms with van der Waals surface area (Å²) in [4.78, 5) is 26.3. The summed E-state index contributed by atoms with van der Waals surface area (Å²) < 4.78 is 58.0. The van der Waals surface area contributed by atoms with Crippen LogP contribution in [0.5, 0.6) is 0 Å². The second-order valence-electron chi connectivity index (χ2n) is 10.7. The number of carboxylic acid groups (broad SMARTS) is 1. The van der Waals surface area contributed by atoms with E-state index in [4.69, 9.17) is 0 Å². The summed E-state index contributed by atoms with van der Waals surface area (Å²) >= 11 is 0. The van der Waals surface area contributed by atoms with Crippen molar-refractivity contribution in [1.82, 2.24) is 20.0 Å². The van der Waals surface area contributed by atoms with E-state index >= 15 is 0 Å². The molecule has 1 aromatic heterocycles. The van der Waals surface area contributed by atoms with Gasteiger partial charge in [0.25, 0.3) is 17.8 Å². The van der Waals surface area contributed by atoms with E-state index in [2.05, 4.69) is 10.4 Å². The highest BCUT2D eigenvalue weighted by molar-refractivity contribution is 5.94. The smallest absolute Gasteiger partial charge is 0.305 e. The molecule has 1 aliphatic heterocycles. The number of nitrogens with one attached hydrogen (secondary N) is 1. The zero-order valence-corrected chi connectivity index (χ0v) is 21.6.